The van der Waals surface area contributed by atoms with E-state index in [-0.39, 0.29) is 0 Å². The molecule has 0 fully saturated rings. The Morgan fingerprint density at radius 2 is 1.72 bits per heavy atom. The lowest BCUT2D eigenvalue weighted by Crippen LogP contribution is -2.18. The molecule has 1 aliphatic rings. The van der Waals surface area contributed by atoms with Crippen molar-refractivity contribution in [2.45, 2.75) is 13.1 Å². The van der Waals surface area contributed by atoms with Crippen molar-refractivity contribution >= 4 is 11.6 Å². The first-order valence-corrected chi connectivity index (χ1v) is 6.05. The molecular weight excluding hydrogens is 224 g/mol. The number of nitrogens with zero attached hydrogens (tertiary/aromatic N) is 4. The van der Waals surface area contributed by atoms with Gasteiger partial charge in [-0.25, -0.2) is 9.97 Å². The number of hydrogen-bond acceptors (Lipinski definition) is 4. The Bertz CT molecular complexity index is 540. The van der Waals surface area contributed by atoms with Gasteiger partial charge in [0.05, 0.1) is 0 Å². The van der Waals surface area contributed by atoms with Crippen LogP contribution >= 0.6 is 0 Å². The number of aromatic nitrogens is 2. The molecule has 0 atom stereocenters. The third-order valence-corrected chi connectivity index (χ3v) is 3.26. The molecule has 18 heavy (non-hydrogen) atoms. The molecule has 0 radical (unpaired) electrons. The standard InChI is InChI=1S/C14H16N4/c1-17(2)13-7-14(16-10-15-13)18-8-11-5-3-4-6-12(11)9-18/h3-7,10H,8-9H2,1-2H3. The van der Waals surface area contributed by atoms with Crippen LogP contribution in [0.3, 0.4) is 0 Å². The summed E-state index contributed by atoms with van der Waals surface area (Å²) >= 11 is 0. The van der Waals surface area contributed by atoms with Gasteiger partial charge in [-0.1, -0.05) is 24.3 Å². The molecular formula is C14H16N4. The quantitative estimate of drug-likeness (QED) is 0.804. The van der Waals surface area contributed by atoms with Crippen molar-refractivity contribution in [1.29, 1.82) is 0 Å². The van der Waals surface area contributed by atoms with Crippen LogP contribution in [-0.4, -0.2) is 24.1 Å². The van der Waals surface area contributed by atoms with Crippen LogP contribution < -0.4 is 9.80 Å². The Balaban J connectivity index is 1.88. The molecule has 0 saturated carbocycles. The zero-order valence-electron chi connectivity index (χ0n) is 10.7. The maximum absolute atomic E-state index is 4.37. The van der Waals surface area contributed by atoms with E-state index in [1.807, 2.05) is 25.1 Å². The lowest BCUT2D eigenvalue weighted by molar-refractivity contribution is 0.848. The second-order valence-electron chi connectivity index (χ2n) is 4.75. The van der Waals surface area contributed by atoms with Gasteiger partial charge >= 0.3 is 0 Å². The van der Waals surface area contributed by atoms with Crippen LogP contribution in [0.2, 0.25) is 0 Å². The van der Waals surface area contributed by atoms with Crippen LogP contribution in [0, 0.1) is 0 Å². The van der Waals surface area contributed by atoms with Crippen LogP contribution in [-0.2, 0) is 13.1 Å². The Hall–Kier alpha value is -2.10. The topological polar surface area (TPSA) is 32.3 Å². The van der Waals surface area contributed by atoms with Gasteiger partial charge in [-0.15, -0.1) is 0 Å². The van der Waals surface area contributed by atoms with Gasteiger partial charge in [0.25, 0.3) is 0 Å². The Kier molecular flexibility index (Phi) is 2.63. The Morgan fingerprint density at radius 3 is 2.33 bits per heavy atom. The number of hydrogen-bond donors (Lipinski definition) is 0. The van der Waals surface area contributed by atoms with E-state index in [2.05, 4.69) is 39.1 Å². The molecule has 1 aromatic carbocycles. The normalized spacial score (nSPS) is 13.6. The Morgan fingerprint density at radius 1 is 1.06 bits per heavy atom. The maximum Gasteiger partial charge on any atom is 0.134 e. The molecule has 2 aromatic rings. The number of fused-ring (bicyclic) bond motifs is 1. The van der Waals surface area contributed by atoms with Crippen molar-refractivity contribution < 1.29 is 0 Å². The zero-order valence-corrected chi connectivity index (χ0v) is 10.7. The molecule has 0 bridgehead atoms. The fourth-order valence-electron chi connectivity index (χ4n) is 2.25. The second-order valence-corrected chi connectivity index (χ2v) is 4.75. The summed E-state index contributed by atoms with van der Waals surface area (Å²) < 4.78 is 0. The van der Waals surface area contributed by atoms with E-state index in [1.54, 1.807) is 6.33 Å². The molecule has 4 nitrogen and oxygen atoms in total. The number of rotatable bonds is 2. The third-order valence-electron chi connectivity index (χ3n) is 3.26. The summed E-state index contributed by atoms with van der Waals surface area (Å²) in [5, 5.41) is 0. The largest absolute Gasteiger partial charge is 0.363 e. The van der Waals surface area contributed by atoms with Gasteiger partial charge in [0, 0.05) is 33.3 Å². The lowest BCUT2D eigenvalue weighted by atomic mass is 10.1. The van der Waals surface area contributed by atoms with Gasteiger partial charge in [0.15, 0.2) is 0 Å². The molecule has 92 valence electrons. The fraction of sp³-hybridized carbons (Fsp3) is 0.286. The summed E-state index contributed by atoms with van der Waals surface area (Å²) in [7, 11) is 3.98. The van der Waals surface area contributed by atoms with Gasteiger partial charge in [0.1, 0.15) is 18.0 Å². The number of anilines is 2. The minimum absolute atomic E-state index is 0.931. The van der Waals surface area contributed by atoms with Crippen molar-refractivity contribution in [3.05, 3.63) is 47.8 Å². The van der Waals surface area contributed by atoms with Crippen molar-refractivity contribution in [2.75, 3.05) is 23.9 Å². The van der Waals surface area contributed by atoms with Gasteiger partial charge < -0.3 is 9.80 Å². The second kappa shape index (κ2) is 4.29. The summed E-state index contributed by atoms with van der Waals surface area (Å²) in [5.41, 5.74) is 2.78. The highest BCUT2D eigenvalue weighted by molar-refractivity contribution is 5.52. The van der Waals surface area contributed by atoms with E-state index < -0.39 is 0 Å². The van der Waals surface area contributed by atoms with Gasteiger partial charge in [-0.05, 0) is 11.1 Å². The first-order chi connectivity index (χ1) is 8.74. The molecule has 0 aliphatic carbocycles. The van der Waals surface area contributed by atoms with Crippen molar-refractivity contribution in [3.8, 4) is 0 Å². The lowest BCUT2D eigenvalue weighted by Gasteiger charge is -2.18. The minimum Gasteiger partial charge on any atom is -0.363 e. The molecule has 0 amide bonds. The smallest absolute Gasteiger partial charge is 0.134 e. The van der Waals surface area contributed by atoms with Gasteiger partial charge in [-0.2, -0.15) is 0 Å². The highest BCUT2D eigenvalue weighted by Gasteiger charge is 2.19. The SMILES string of the molecule is CN(C)c1cc(N2Cc3ccccc3C2)ncn1. The molecule has 3 rings (SSSR count). The van der Waals surface area contributed by atoms with Crippen LogP contribution in [0.5, 0.6) is 0 Å². The van der Waals surface area contributed by atoms with Crippen LogP contribution in [0.15, 0.2) is 36.7 Å². The molecule has 1 aliphatic heterocycles. The predicted octanol–water partition coefficient (Wildman–Crippen LogP) is 2.06. The molecule has 0 saturated heterocycles. The minimum atomic E-state index is 0.931. The highest BCUT2D eigenvalue weighted by atomic mass is 15.2. The first-order valence-electron chi connectivity index (χ1n) is 6.05. The van der Waals surface area contributed by atoms with E-state index >= 15 is 0 Å². The summed E-state index contributed by atoms with van der Waals surface area (Å²) in [6.07, 6.45) is 1.63. The average molecular weight is 240 g/mol. The van der Waals surface area contributed by atoms with Crippen LogP contribution in [0.25, 0.3) is 0 Å². The van der Waals surface area contributed by atoms with Gasteiger partial charge in [0.2, 0.25) is 0 Å². The summed E-state index contributed by atoms with van der Waals surface area (Å²) in [5.74, 6) is 1.93. The van der Waals surface area contributed by atoms with Crippen molar-refractivity contribution in [3.63, 3.8) is 0 Å². The fourth-order valence-corrected chi connectivity index (χ4v) is 2.25. The van der Waals surface area contributed by atoms with Crippen molar-refractivity contribution in [1.82, 2.24) is 9.97 Å². The van der Waals surface area contributed by atoms with E-state index in [4.69, 9.17) is 0 Å². The molecule has 2 heterocycles. The predicted molar refractivity (Wildman–Crippen MR) is 72.7 cm³/mol. The first kappa shape index (κ1) is 11.0. The molecule has 0 unspecified atom stereocenters. The Labute approximate surface area is 107 Å². The zero-order chi connectivity index (χ0) is 12.5. The van der Waals surface area contributed by atoms with E-state index in [9.17, 15) is 0 Å². The van der Waals surface area contributed by atoms with Gasteiger partial charge in [-0.3, -0.25) is 0 Å². The van der Waals surface area contributed by atoms with E-state index in [0.29, 0.717) is 0 Å². The molecule has 4 heteroatoms. The van der Waals surface area contributed by atoms with Crippen molar-refractivity contribution in [2.24, 2.45) is 0 Å². The van der Waals surface area contributed by atoms with Crippen LogP contribution in [0.1, 0.15) is 11.1 Å². The summed E-state index contributed by atoms with van der Waals surface area (Å²) in [4.78, 5) is 12.9. The third kappa shape index (κ3) is 1.90. The monoisotopic (exact) mass is 240 g/mol. The van der Waals surface area contributed by atoms with Crippen LogP contribution in [0.4, 0.5) is 11.6 Å². The summed E-state index contributed by atoms with van der Waals surface area (Å²) in [6.45, 7) is 1.86. The molecule has 0 spiro atoms. The summed E-state index contributed by atoms with van der Waals surface area (Å²) in [6, 6.07) is 10.6. The molecule has 0 N–H and O–H groups in total. The number of benzene rings is 1. The molecule has 1 aromatic heterocycles. The highest BCUT2D eigenvalue weighted by Crippen LogP contribution is 2.27. The average Bonchev–Trinajstić information content (AvgIpc) is 2.82. The maximum atomic E-state index is 4.37. The van der Waals surface area contributed by atoms with E-state index in [0.717, 1.165) is 24.7 Å². The van der Waals surface area contributed by atoms with E-state index in [1.165, 1.54) is 11.1 Å².